The first-order chi connectivity index (χ1) is 10.9. The molecule has 4 nitrogen and oxygen atoms in total. The van der Waals surface area contributed by atoms with Crippen molar-refractivity contribution in [1.82, 2.24) is 10.2 Å². The lowest BCUT2D eigenvalue weighted by molar-refractivity contribution is -0.118. The van der Waals surface area contributed by atoms with Crippen LogP contribution in [0.4, 0.5) is 5.82 Å². The van der Waals surface area contributed by atoms with Crippen molar-refractivity contribution >= 4 is 11.6 Å². The van der Waals surface area contributed by atoms with Gasteiger partial charge in [0.2, 0.25) is 0 Å². The highest BCUT2D eigenvalue weighted by Crippen LogP contribution is 2.37. The minimum absolute atomic E-state index is 0.00513. The summed E-state index contributed by atoms with van der Waals surface area (Å²) in [6, 6.07) is 10.3. The Kier molecular flexibility index (Phi) is 4.07. The third-order valence-corrected chi connectivity index (χ3v) is 4.39. The van der Waals surface area contributed by atoms with Gasteiger partial charge in [0, 0.05) is 35.9 Å². The number of aromatic amines is 1. The Bertz CT molecular complexity index is 741. The standard InChI is InChI=1S/C19H23N3O/c1-13-16(10-19(2,3)11-17(13)23)21-18-15(12-20-22-18)9-14-7-5-4-6-8-14/h4-8,12H,9-11H2,1-3H3,(H2,20,21,22). The molecule has 0 radical (unpaired) electrons. The molecule has 0 atom stereocenters. The van der Waals surface area contributed by atoms with Gasteiger partial charge in [0.1, 0.15) is 0 Å². The highest BCUT2D eigenvalue weighted by atomic mass is 16.1. The number of H-pyrrole nitrogens is 1. The number of aromatic nitrogens is 2. The molecule has 0 amide bonds. The van der Waals surface area contributed by atoms with E-state index >= 15 is 0 Å². The molecule has 2 aromatic rings. The molecule has 0 spiro atoms. The van der Waals surface area contributed by atoms with E-state index in [9.17, 15) is 4.79 Å². The zero-order valence-corrected chi connectivity index (χ0v) is 13.9. The number of rotatable bonds is 4. The summed E-state index contributed by atoms with van der Waals surface area (Å²) in [5, 5.41) is 10.7. The Morgan fingerprint density at radius 1 is 1.22 bits per heavy atom. The number of carbonyl (C=O) groups excluding carboxylic acids is 1. The van der Waals surface area contributed by atoms with Gasteiger partial charge in [-0.05, 0) is 24.3 Å². The zero-order valence-electron chi connectivity index (χ0n) is 13.9. The number of Topliss-reactive ketones (excluding diaryl/α,β-unsaturated/α-hetero) is 1. The number of nitrogens with zero attached hydrogens (tertiary/aromatic N) is 1. The summed E-state index contributed by atoms with van der Waals surface area (Å²) in [5.74, 6) is 1.04. The Morgan fingerprint density at radius 3 is 2.70 bits per heavy atom. The van der Waals surface area contributed by atoms with Crippen molar-refractivity contribution < 1.29 is 4.79 Å². The summed E-state index contributed by atoms with van der Waals surface area (Å²) in [6.07, 6.45) is 4.20. The molecule has 0 bridgehead atoms. The highest BCUT2D eigenvalue weighted by molar-refractivity contribution is 5.97. The first-order valence-electron chi connectivity index (χ1n) is 8.01. The number of benzene rings is 1. The third-order valence-electron chi connectivity index (χ3n) is 4.39. The fourth-order valence-corrected chi connectivity index (χ4v) is 3.06. The maximum absolute atomic E-state index is 12.2. The second-order valence-corrected chi connectivity index (χ2v) is 7.09. The third kappa shape index (κ3) is 3.52. The van der Waals surface area contributed by atoms with Crippen molar-refractivity contribution in [2.45, 2.75) is 40.0 Å². The van der Waals surface area contributed by atoms with E-state index < -0.39 is 0 Å². The summed E-state index contributed by atoms with van der Waals surface area (Å²) in [6.45, 7) is 6.17. The van der Waals surface area contributed by atoms with Gasteiger partial charge in [-0.25, -0.2) is 0 Å². The quantitative estimate of drug-likeness (QED) is 0.895. The van der Waals surface area contributed by atoms with Gasteiger partial charge in [-0.3, -0.25) is 9.89 Å². The molecule has 1 aromatic heterocycles. The van der Waals surface area contributed by atoms with Crippen LogP contribution in [0.25, 0.3) is 0 Å². The number of carbonyl (C=O) groups is 1. The minimum atomic E-state index is -0.00513. The fourth-order valence-electron chi connectivity index (χ4n) is 3.06. The summed E-state index contributed by atoms with van der Waals surface area (Å²) >= 11 is 0. The summed E-state index contributed by atoms with van der Waals surface area (Å²) in [5.41, 5.74) is 4.16. The fraction of sp³-hybridized carbons (Fsp3) is 0.368. The lowest BCUT2D eigenvalue weighted by Crippen LogP contribution is -2.27. The molecule has 0 fully saturated rings. The van der Waals surface area contributed by atoms with E-state index in [1.54, 1.807) is 0 Å². The first-order valence-corrected chi connectivity index (χ1v) is 8.01. The van der Waals surface area contributed by atoms with E-state index in [1.165, 1.54) is 5.56 Å². The SMILES string of the molecule is CC1=C(Nc2n[nH]cc2Cc2ccccc2)CC(C)(C)CC1=O. The monoisotopic (exact) mass is 309 g/mol. The van der Waals surface area contributed by atoms with E-state index in [0.717, 1.165) is 35.5 Å². The molecule has 0 saturated carbocycles. The van der Waals surface area contributed by atoms with Gasteiger partial charge in [-0.15, -0.1) is 0 Å². The normalized spacial score (nSPS) is 17.4. The van der Waals surface area contributed by atoms with Crippen LogP contribution in [0.1, 0.15) is 44.7 Å². The summed E-state index contributed by atoms with van der Waals surface area (Å²) in [7, 11) is 0. The van der Waals surface area contributed by atoms with Crippen molar-refractivity contribution in [2.75, 3.05) is 5.32 Å². The van der Waals surface area contributed by atoms with Gasteiger partial charge in [-0.1, -0.05) is 44.2 Å². The highest BCUT2D eigenvalue weighted by Gasteiger charge is 2.31. The Morgan fingerprint density at radius 2 is 1.96 bits per heavy atom. The number of hydrogen-bond acceptors (Lipinski definition) is 3. The predicted molar refractivity (Wildman–Crippen MR) is 92.2 cm³/mol. The van der Waals surface area contributed by atoms with Crippen molar-refractivity contribution in [1.29, 1.82) is 0 Å². The largest absolute Gasteiger partial charge is 0.342 e. The van der Waals surface area contributed by atoms with Crippen LogP contribution in [0.15, 0.2) is 47.8 Å². The van der Waals surface area contributed by atoms with Gasteiger partial charge in [0.25, 0.3) is 0 Å². The Balaban J connectivity index is 1.83. The van der Waals surface area contributed by atoms with Gasteiger partial charge < -0.3 is 5.32 Å². The van der Waals surface area contributed by atoms with Crippen LogP contribution < -0.4 is 5.32 Å². The molecule has 23 heavy (non-hydrogen) atoms. The summed E-state index contributed by atoms with van der Waals surface area (Å²) < 4.78 is 0. The van der Waals surface area contributed by atoms with Crippen LogP contribution in [0.3, 0.4) is 0 Å². The topological polar surface area (TPSA) is 57.8 Å². The van der Waals surface area contributed by atoms with E-state index in [-0.39, 0.29) is 11.2 Å². The molecule has 4 heteroatoms. The second-order valence-electron chi connectivity index (χ2n) is 7.09. The van der Waals surface area contributed by atoms with Crippen molar-refractivity contribution in [3.05, 3.63) is 58.9 Å². The lowest BCUT2D eigenvalue weighted by Gasteiger charge is -2.31. The maximum Gasteiger partial charge on any atom is 0.160 e. The number of ketones is 1. The van der Waals surface area contributed by atoms with Crippen LogP contribution in [0.2, 0.25) is 0 Å². The molecule has 120 valence electrons. The van der Waals surface area contributed by atoms with Gasteiger partial charge in [-0.2, -0.15) is 5.10 Å². The smallest absolute Gasteiger partial charge is 0.160 e. The molecule has 1 aromatic carbocycles. The molecule has 1 aliphatic rings. The molecule has 2 N–H and O–H groups in total. The Labute approximate surface area is 137 Å². The van der Waals surface area contributed by atoms with E-state index in [2.05, 4.69) is 41.5 Å². The molecular formula is C19H23N3O. The van der Waals surface area contributed by atoms with Crippen LogP contribution in [0, 0.1) is 5.41 Å². The number of allylic oxidation sites excluding steroid dienone is 2. The van der Waals surface area contributed by atoms with Crippen LogP contribution in [-0.2, 0) is 11.2 Å². The molecule has 1 aliphatic carbocycles. The van der Waals surface area contributed by atoms with Crippen molar-refractivity contribution in [3.63, 3.8) is 0 Å². The van der Waals surface area contributed by atoms with Gasteiger partial charge in [0.15, 0.2) is 11.6 Å². The molecular weight excluding hydrogens is 286 g/mol. The second kappa shape index (κ2) is 6.03. The average Bonchev–Trinajstić information content (AvgIpc) is 2.92. The van der Waals surface area contributed by atoms with Crippen molar-refractivity contribution in [2.24, 2.45) is 5.41 Å². The summed E-state index contributed by atoms with van der Waals surface area (Å²) in [4.78, 5) is 12.2. The van der Waals surface area contributed by atoms with Gasteiger partial charge >= 0.3 is 0 Å². The van der Waals surface area contributed by atoms with Gasteiger partial charge in [0.05, 0.1) is 0 Å². The molecule has 3 rings (SSSR count). The molecule has 0 aliphatic heterocycles. The molecule has 0 saturated heterocycles. The first kappa shape index (κ1) is 15.5. The number of anilines is 1. The van der Waals surface area contributed by atoms with E-state index in [1.807, 2.05) is 31.3 Å². The number of nitrogens with one attached hydrogen (secondary N) is 2. The Hall–Kier alpha value is -2.36. The average molecular weight is 309 g/mol. The van der Waals surface area contributed by atoms with E-state index in [4.69, 9.17) is 0 Å². The molecule has 1 heterocycles. The predicted octanol–water partition coefficient (Wildman–Crippen LogP) is 4.08. The van der Waals surface area contributed by atoms with E-state index in [0.29, 0.717) is 6.42 Å². The zero-order chi connectivity index (χ0) is 16.4. The van der Waals surface area contributed by atoms with Crippen LogP contribution in [0.5, 0.6) is 0 Å². The maximum atomic E-state index is 12.2. The van der Waals surface area contributed by atoms with Crippen LogP contribution in [-0.4, -0.2) is 16.0 Å². The van der Waals surface area contributed by atoms with Crippen molar-refractivity contribution in [3.8, 4) is 0 Å². The lowest BCUT2D eigenvalue weighted by atomic mass is 9.76. The van der Waals surface area contributed by atoms with Crippen LogP contribution >= 0.6 is 0 Å². The molecule has 0 unspecified atom stereocenters. The minimum Gasteiger partial charge on any atom is -0.342 e. The number of hydrogen-bond donors (Lipinski definition) is 2.